The first kappa shape index (κ1) is 18.2. The van der Waals surface area contributed by atoms with Crippen molar-refractivity contribution in [3.8, 4) is 16.3 Å². The predicted octanol–water partition coefficient (Wildman–Crippen LogP) is 3.77. The molecule has 140 valence electrons. The number of benzene rings is 1. The van der Waals surface area contributed by atoms with Crippen molar-refractivity contribution >= 4 is 39.1 Å². The second kappa shape index (κ2) is 7.83. The lowest BCUT2D eigenvalue weighted by atomic mass is 10.2. The molecule has 0 aliphatic carbocycles. The quantitative estimate of drug-likeness (QED) is 0.409. The van der Waals surface area contributed by atoms with Gasteiger partial charge in [0.1, 0.15) is 11.4 Å². The fourth-order valence-corrected chi connectivity index (χ4v) is 3.66. The van der Waals surface area contributed by atoms with Crippen LogP contribution in [0.2, 0.25) is 0 Å². The van der Waals surface area contributed by atoms with E-state index in [1.54, 1.807) is 23.1 Å². The van der Waals surface area contributed by atoms with Gasteiger partial charge in [0, 0.05) is 16.9 Å². The Labute approximate surface area is 172 Å². The number of para-hydroxylation sites is 1. The average Bonchev–Trinajstić information content (AvgIpc) is 3.46. The number of H-pyrrole nitrogens is 1. The Morgan fingerprint density at radius 1 is 1.07 bits per heavy atom. The van der Waals surface area contributed by atoms with Crippen molar-refractivity contribution in [2.45, 2.75) is 0 Å². The monoisotopic (exact) mass is 455 g/mol. The maximum absolute atomic E-state index is 12.8. The number of carbonyl (C=O) groups is 2. The highest BCUT2D eigenvalue weighted by molar-refractivity contribution is 9.10. The third-order valence-corrected chi connectivity index (χ3v) is 5.25. The number of hydrazine groups is 1. The normalized spacial score (nSPS) is 10.6. The Morgan fingerprint density at radius 2 is 1.86 bits per heavy atom. The van der Waals surface area contributed by atoms with E-state index < -0.39 is 11.8 Å². The molecule has 0 radical (unpaired) electrons. The lowest BCUT2D eigenvalue weighted by Crippen LogP contribution is -2.41. The first-order valence-corrected chi connectivity index (χ1v) is 9.92. The van der Waals surface area contributed by atoms with Gasteiger partial charge in [-0.2, -0.15) is 5.10 Å². The molecule has 0 atom stereocenters. The Morgan fingerprint density at radius 3 is 2.54 bits per heavy atom. The fraction of sp³-hybridized carbons (Fsp3) is 0. The number of hydrogen-bond acceptors (Lipinski definition) is 4. The molecule has 7 nitrogen and oxygen atoms in total. The molecule has 1 aromatic carbocycles. The number of nitrogens with one attached hydrogen (secondary N) is 3. The van der Waals surface area contributed by atoms with Crippen molar-refractivity contribution in [1.82, 2.24) is 25.6 Å². The van der Waals surface area contributed by atoms with Gasteiger partial charge in [0.25, 0.3) is 11.8 Å². The maximum Gasteiger partial charge on any atom is 0.286 e. The van der Waals surface area contributed by atoms with E-state index >= 15 is 0 Å². The van der Waals surface area contributed by atoms with Crippen LogP contribution in [-0.4, -0.2) is 26.6 Å². The third-order valence-electron chi connectivity index (χ3n) is 3.92. The van der Waals surface area contributed by atoms with Crippen LogP contribution in [0.1, 0.15) is 20.8 Å². The van der Waals surface area contributed by atoms with Gasteiger partial charge >= 0.3 is 0 Å². The highest BCUT2D eigenvalue weighted by Crippen LogP contribution is 2.27. The van der Waals surface area contributed by atoms with E-state index in [1.165, 1.54) is 11.3 Å². The van der Waals surface area contributed by atoms with Crippen LogP contribution in [0.5, 0.6) is 0 Å². The van der Waals surface area contributed by atoms with Gasteiger partial charge in [-0.25, -0.2) is 4.68 Å². The minimum Gasteiger partial charge on any atom is -0.356 e. The number of rotatable bonds is 4. The molecule has 0 aliphatic rings. The first-order chi connectivity index (χ1) is 13.6. The summed E-state index contributed by atoms with van der Waals surface area (Å²) in [5.41, 5.74) is 6.93. The molecule has 2 amide bonds. The highest BCUT2D eigenvalue weighted by Gasteiger charge is 2.20. The van der Waals surface area contributed by atoms with Crippen molar-refractivity contribution in [2.75, 3.05) is 0 Å². The van der Waals surface area contributed by atoms with Crippen molar-refractivity contribution < 1.29 is 9.59 Å². The minimum atomic E-state index is -0.454. The summed E-state index contributed by atoms with van der Waals surface area (Å²) in [6.07, 6.45) is 3.28. The van der Waals surface area contributed by atoms with Crippen molar-refractivity contribution in [1.29, 1.82) is 0 Å². The SMILES string of the molecule is O=C(NNC(=O)c1cn(-c2ccccc2)nc1-c1cccs1)c1cc(Br)c[nH]1. The van der Waals surface area contributed by atoms with Crippen LogP contribution in [0.15, 0.2) is 70.8 Å². The summed E-state index contributed by atoms with van der Waals surface area (Å²) in [5, 5.41) is 6.49. The van der Waals surface area contributed by atoms with Crippen LogP contribution in [0.4, 0.5) is 0 Å². The topological polar surface area (TPSA) is 91.8 Å². The van der Waals surface area contributed by atoms with Gasteiger partial charge in [0.2, 0.25) is 0 Å². The van der Waals surface area contributed by atoms with Gasteiger partial charge < -0.3 is 4.98 Å². The van der Waals surface area contributed by atoms with Gasteiger partial charge in [-0.15, -0.1) is 11.3 Å². The van der Waals surface area contributed by atoms with Crippen LogP contribution < -0.4 is 10.9 Å². The lowest BCUT2D eigenvalue weighted by molar-refractivity contribution is 0.0844. The molecule has 0 fully saturated rings. The Balaban J connectivity index is 1.59. The number of amides is 2. The molecule has 28 heavy (non-hydrogen) atoms. The molecule has 9 heteroatoms. The summed E-state index contributed by atoms with van der Waals surface area (Å²) in [6, 6.07) is 14.9. The average molecular weight is 456 g/mol. The van der Waals surface area contributed by atoms with Crippen molar-refractivity contribution in [3.05, 3.63) is 82.0 Å². The molecule has 0 spiro atoms. The van der Waals surface area contributed by atoms with E-state index in [2.05, 4.69) is 36.9 Å². The Kier molecular flexibility index (Phi) is 5.09. The van der Waals surface area contributed by atoms with Crippen molar-refractivity contribution in [2.24, 2.45) is 0 Å². The number of aromatic nitrogens is 3. The summed E-state index contributed by atoms with van der Waals surface area (Å²) in [5.74, 6) is -0.906. The van der Waals surface area contributed by atoms with E-state index in [0.29, 0.717) is 17.0 Å². The van der Waals surface area contributed by atoms with Crippen LogP contribution in [0.25, 0.3) is 16.3 Å². The fourth-order valence-electron chi connectivity index (χ4n) is 2.60. The van der Waals surface area contributed by atoms with Crippen molar-refractivity contribution in [3.63, 3.8) is 0 Å². The standard InChI is InChI=1S/C19H14BrN5O2S/c20-12-9-15(21-10-12)19(27)23-22-18(26)14-11-25(13-5-2-1-3-6-13)24-17(14)16-7-4-8-28-16/h1-11,21H,(H,22,26)(H,23,27). The number of thiophene rings is 1. The van der Waals surface area contributed by atoms with Crippen LogP contribution >= 0.6 is 27.3 Å². The van der Waals surface area contributed by atoms with Gasteiger partial charge in [-0.3, -0.25) is 20.4 Å². The molecular weight excluding hydrogens is 442 g/mol. The Hall–Kier alpha value is -3.17. The summed E-state index contributed by atoms with van der Waals surface area (Å²) in [6.45, 7) is 0. The number of aromatic amines is 1. The second-order valence-electron chi connectivity index (χ2n) is 5.79. The van der Waals surface area contributed by atoms with Crippen LogP contribution in [0.3, 0.4) is 0 Å². The number of halogens is 1. The van der Waals surface area contributed by atoms with Crippen LogP contribution in [0, 0.1) is 0 Å². The summed E-state index contributed by atoms with van der Waals surface area (Å²) >= 11 is 4.75. The smallest absolute Gasteiger partial charge is 0.286 e. The van der Waals surface area contributed by atoms with E-state index in [-0.39, 0.29) is 0 Å². The lowest BCUT2D eigenvalue weighted by Gasteiger charge is -2.06. The molecule has 0 unspecified atom stereocenters. The first-order valence-electron chi connectivity index (χ1n) is 8.25. The molecule has 3 heterocycles. The van der Waals surface area contributed by atoms with Gasteiger partial charge in [0.05, 0.1) is 16.1 Å². The van der Waals surface area contributed by atoms with E-state index in [9.17, 15) is 9.59 Å². The van der Waals surface area contributed by atoms with Gasteiger partial charge in [-0.1, -0.05) is 24.3 Å². The zero-order valence-corrected chi connectivity index (χ0v) is 16.8. The van der Waals surface area contributed by atoms with E-state index in [1.807, 2.05) is 47.8 Å². The molecule has 4 rings (SSSR count). The number of hydrogen-bond donors (Lipinski definition) is 3. The molecule has 0 saturated carbocycles. The molecule has 0 bridgehead atoms. The van der Waals surface area contributed by atoms with E-state index in [0.717, 1.165) is 15.0 Å². The van der Waals surface area contributed by atoms with Gasteiger partial charge in [-0.05, 0) is 45.6 Å². The predicted molar refractivity (Wildman–Crippen MR) is 110 cm³/mol. The second-order valence-corrected chi connectivity index (χ2v) is 7.65. The van der Waals surface area contributed by atoms with Gasteiger partial charge in [0.15, 0.2) is 0 Å². The van der Waals surface area contributed by atoms with Crippen LogP contribution in [-0.2, 0) is 0 Å². The number of carbonyl (C=O) groups excluding carboxylic acids is 2. The Bertz CT molecular complexity index is 1120. The van der Waals surface area contributed by atoms with E-state index in [4.69, 9.17) is 0 Å². The summed E-state index contributed by atoms with van der Waals surface area (Å²) in [4.78, 5) is 28.6. The molecule has 3 N–H and O–H groups in total. The zero-order valence-electron chi connectivity index (χ0n) is 14.3. The maximum atomic E-state index is 12.8. The highest BCUT2D eigenvalue weighted by atomic mass is 79.9. The molecular formula is C19H14BrN5O2S. The molecule has 3 aromatic heterocycles. The minimum absolute atomic E-state index is 0.325. The third kappa shape index (κ3) is 3.75. The zero-order chi connectivity index (χ0) is 19.5. The largest absolute Gasteiger partial charge is 0.356 e. The summed E-state index contributed by atoms with van der Waals surface area (Å²) in [7, 11) is 0. The number of nitrogens with zero attached hydrogens (tertiary/aromatic N) is 2. The summed E-state index contributed by atoms with van der Waals surface area (Å²) < 4.78 is 2.39. The molecule has 4 aromatic rings. The molecule has 0 saturated heterocycles. The molecule has 0 aliphatic heterocycles.